The number of nitrogens with zero attached hydrogens (tertiary/aromatic N) is 2. The summed E-state index contributed by atoms with van der Waals surface area (Å²) in [6, 6.07) is 8.33. The van der Waals surface area contributed by atoms with Crippen molar-refractivity contribution in [3.8, 4) is 5.75 Å². The third kappa shape index (κ3) is 7.28. The number of carbonyl (C=O) groups excluding carboxylic acids is 2. The molecular weight excluding hydrogens is 551 g/mol. The zero-order chi connectivity index (χ0) is 29.7. The molecule has 1 aliphatic heterocycles. The van der Waals surface area contributed by atoms with Crippen molar-refractivity contribution < 1.29 is 32.2 Å². The molecule has 1 aliphatic carbocycles. The predicted molar refractivity (Wildman–Crippen MR) is 153 cm³/mol. The zero-order valence-electron chi connectivity index (χ0n) is 23.7. The van der Waals surface area contributed by atoms with Crippen molar-refractivity contribution in [2.75, 3.05) is 31.5 Å². The van der Waals surface area contributed by atoms with Crippen LogP contribution in [-0.2, 0) is 10.0 Å². The van der Waals surface area contributed by atoms with Crippen LogP contribution in [0, 0.1) is 11.7 Å². The number of aliphatic hydroxyl groups excluding tert-OH is 1. The number of fused-ring (bicyclic) bond motifs is 1. The van der Waals surface area contributed by atoms with Gasteiger partial charge in [0.1, 0.15) is 11.9 Å². The number of ether oxygens (including phenoxy) is 1. The van der Waals surface area contributed by atoms with Gasteiger partial charge in [-0.2, -0.15) is 0 Å². The molecule has 2 aromatic rings. The van der Waals surface area contributed by atoms with E-state index in [1.807, 2.05) is 6.92 Å². The van der Waals surface area contributed by atoms with Gasteiger partial charge in [0.25, 0.3) is 15.9 Å². The van der Waals surface area contributed by atoms with Gasteiger partial charge in [0.2, 0.25) is 0 Å². The lowest BCUT2D eigenvalue weighted by molar-refractivity contribution is 0.0368. The van der Waals surface area contributed by atoms with E-state index < -0.39 is 33.9 Å². The fraction of sp³-hybridized carbons (Fsp3) is 0.517. The molecule has 0 aromatic heterocycles. The number of aliphatic hydroxyl groups is 1. The SMILES string of the molecule is C[C@@H]1CN([C@@H](C)CO)C(=O)c2cccc(NS(=O)(=O)c3ccc(F)cc3)c2O[C@H]1CN(C)C(=O)NC1CCCCC1. The molecule has 41 heavy (non-hydrogen) atoms. The van der Waals surface area contributed by atoms with Crippen molar-refractivity contribution in [2.45, 2.75) is 69.0 Å². The Bertz CT molecular complexity index is 1330. The summed E-state index contributed by atoms with van der Waals surface area (Å²) in [5.74, 6) is -1.25. The van der Waals surface area contributed by atoms with E-state index in [-0.39, 0.29) is 59.6 Å². The van der Waals surface area contributed by atoms with E-state index in [0.29, 0.717) is 0 Å². The maximum absolute atomic E-state index is 13.7. The Balaban J connectivity index is 1.66. The van der Waals surface area contributed by atoms with E-state index in [2.05, 4.69) is 10.0 Å². The Morgan fingerprint density at radius 2 is 1.85 bits per heavy atom. The molecule has 1 heterocycles. The molecule has 2 aliphatic rings. The summed E-state index contributed by atoms with van der Waals surface area (Å²) >= 11 is 0. The second-order valence-corrected chi connectivity index (χ2v) is 12.7. The lowest BCUT2D eigenvalue weighted by Crippen LogP contribution is -2.52. The fourth-order valence-corrected chi connectivity index (χ4v) is 6.31. The smallest absolute Gasteiger partial charge is 0.317 e. The highest BCUT2D eigenvalue weighted by Crippen LogP contribution is 2.36. The number of nitrogens with one attached hydrogen (secondary N) is 2. The van der Waals surface area contributed by atoms with E-state index in [9.17, 15) is 27.5 Å². The number of halogens is 1. The number of carbonyl (C=O) groups is 2. The highest BCUT2D eigenvalue weighted by atomic mass is 32.2. The summed E-state index contributed by atoms with van der Waals surface area (Å²) in [7, 11) is -2.48. The number of benzene rings is 2. The quantitative estimate of drug-likeness (QED) is 0.429. The Labute approximate surface area is 240 Å². The topological polar surface area (TPSA) is 128 Å². The van der Waals surface area contributed by atoms with Crippen LogP contribution in [0.1, 0.15) is 56.3 Å². The van der Waals surface area contributed by atoms with Gasteiger partial charge < -0.3 is 25.0 Å². The van der Waals surface area contributed by atoms with Crippen LogP contribution in [0.5, 0.6) is 5.75 Å². The first-order chi connectivity index (χ1) is 19.5. The Hall–Kier alpha value is -3.38. The summed E-state index contributed by atoms with van der Waals surface area (Å²) in [6.07, 6.45) is 4.60. The molecule has 2 aromatic carbocycles. The molecule has 224 valence electrons. The van der Waals surface area contributed by atoms with Gasteiger partial charge in [0.15, 0.2) is 5.75 Å². The molecular formula is C29H39FN4O6S. The van der Waals surface area contributed by atoms with Gasteiger partial charge >= 0.3 is 6.03 Å². The average molecular weight is 591 g/mol. The molecule has 0 unspecified atom stereocenters. The number of sulfonamides is 1. The fourth-order valence-electron chi connectivity index (χ4n) is 5.24. The summed E-state index contributed by atoms with van der Waals surface area (Å²) in [5.41, 5.74) is 0.154. The minimum atomic E-state index is -4.16. The van der Waals surface area contributed by atoms with E-state index in [1.54, 1.807) is 23.8 Å². The molecule has 0 spiro atoms. The molecule has 3 N–H and O–H groups in total. The molecule has 12 heteroatoms. The molecule has 4 rings (SSSR count). The molecule has 0 saturated heterocycles. The number of anilines is 1. The molecule has 3 atom stereocenters. The number of rotatable bonds is 8. The molecule has 0 bridgehead atoms. The summed E-state index contributed by atoms with van der Waals surface area (Å²) < 4.78 is 48.7. The first kappa shape index (κ1) is 30.6. The van der Waals surface area contributed by atoms with Crippen LogP contribution in [0.4, 0.5) is 14.9 Å². The standard InChI is InChI=1S/C29H39FN4O6S/c1-19-16-34(20(2)18-35)28(36)24-10-7-11-25(32-41(38,39)23-14-12-21(30)13-15-23)27(24)40-26(19)17-33(3)29(37)31-22-8-5-4-6-9-22/h7,10-15,19-20,22,26,32,35H,4-6,8-9,16-18H2,1-3H3,(H,31,37)/t19-,20+,26+/m1/s1. The van der Waals surface area contributed by atoms with Gasteiger partial charge in [0, 0.05) is 25.6 Å². The van der Waals surface area contributed by atoms with Crippen molar-refractivity contribution in [1.82, 2.24) is 15.1 Å². The number of urea groups is 1. The van der Waals surface area contributed by atoms with Crippen LogP contribution >= 0.6 is 0 Å². The predicted octanol–water partition coefficient (Wildman–Crippen LogP) is 3.82. The van der Waals surface area contributed by atoms with Crippen molar-refractivity contribution in [3.05, 3.63) is 53.8 Å². The highest BCUT2D eigenvalue weighted by molar-refractivity contribution is 7.92. The van der Waals surface area contributed by atoms with Gasteiger partial charge in [0.05, 0.1) is 35.3 Å². The number of hydrogen-bond acceptors (Lipinski definition) is 6. The molecule has 0 radical (unpaired) electrons. The van der Waals surface area contributed by atoms with Crippen molar-refractivity contribution in [3.63, 3.8) is 0 Å². The summed E-state index contributed by atoms with van der Waals surface area (Å²) in [6.45, 7) is 3.78. The molecule has 1 fully saturated rings. The lowest BCUT2D eigenvalue weighted by atomic mass is 9.96. The van der Waals surface area contributed by atoms with Crippen molar-refractivity contribution in [2.24, 2.45) is 5.92 Å². The Morgan fingerprint density at radius 1 is 1.17 bits per heavy atom. The minimum absolute atomic E-state index is 0.0240. The third-order valence-corrected chi connectivity index (χ3v) is 9.17. The van der Waals surface area contributed by atoms with Crippen molar-refractivity contribution >= 4 is 27.6 Å². The van der Waals surface area contributed by atoms with E-state index >= 15 is 0 Å². The van der Waals surface area contributed by atoms with Gasteiger partial charge in [-0.1, -0.05) is 32.3 Å². The minimum Gasteiger partial charge on any atom is -0.485 e. The first-order valence-corrected chi connectivity index (χ1v) is 15.5. The van der Waals surface area contributed by atoms with Gasteiger partial charge in [-0.15, -0.1) is 0 Å². The van der Waals surface area contributed by atoms with Crippen LogP contribution in [0.2, 0.25) is 0 Å². The molecule has 3 amide bonds. The third-order valence-electron chi connectivity index (χ3n) is 7.79. The van der Waals surface area contributed by atoms with E-state index in [1.165, 1.54) is 24.6 Å². The average Bonchev–Trinajstić information content (AvgIpc) is 2.95. The van der Waals surface area contributed by atoms with E-state index in [0.717, 1.165) is 49.9 Å². The van der Waals surface area contributed by atoms with Crippen LogP contribution in [0.3, 0.4) is 0 Å². The molecule has 10 nitrogen and oxygen atoms in total. The van der Waals surface area contributed by atoms with Gasteiger partial charge in [-0.05, 0) is 56.2 Å². The van der Waals surface area contributed by atoms with Gasteiger partial charge in [-0.25, -0.2) is 17.6 Å². The van der Waals surface area contributed by atoms with Crippen molar-refractivity contribution in [1.29, 1.82) is 0 Å². The molecule has 1 saturated carbocycles. The number of amides is 3. The summed E-state index contributed by atoms with van der Waals surface area (Å²) in [5, 5.41) is 13.0. The Kier molecular flexibility index (Phi) is 9.75. The zero-order valence-corrected chi connectivity index (χ0v) is 24.5. The number of likely N-dealkylation sites (N-methyl/N-ethyl adjacent to an activating group) is 1. The van der Waals surface area contributed by atoms with Crippen LogP contribution < -0.4 is 14.8 Å². The first-order valence-electron chi connectivity index (χ1n) is 14.0. The lowest BCUT2D eigenvalue weighted by Gasteiger charge is -2.38. The van der Waals surface area contributed by atoms with Crippen LogP contribution in [0.25, 0.3) is 0 Å². The number of hydrogen-bond donors (Lipinski definition) is 3. The summed E-state index contributed by atoms with van der Waals surface area (Å²) in [4.78, 5) is 29.6. The van der Waals surface area contributed by atoms with Crippen LogP contribution in [-0.4, -0.2) is 80.2 Å². The largest absolute Gasteiger partial charge is 0.485 e. The number of para-hydroxylation sites is 1. The highest BCUT2D eigenvalue weighted by Gasteiger charge is 2.35. The van der Waals surface area contributed by atoms with Crippen LogP contribution in [0.15, 0.2) is 47.4 Å². The Morgan fingerprint density at radius 3 is 2.51 bits per heavy atom. The second-order valence-electron chi connectivity index (χ2n) is 11.0. The monoisotopic (exact) mass is 590 g/mol. The van der Waals surface area contributed by atoms with Gasteiger partial charge in [-0.3, -0.25) is 9.52 Å². The normalized spacial score (nSPS) is 20.7. The maximum atomic E-state index is 13.7. The van der Waals surface area contributed by atoms with E-state index in [4.69, 9.17) is 4.74 Å². The maximum Gasteiger partial charge on any atom is 0.317 e. The second kappa shape index (κ2) is 13.1.